The Morgan fingerprint density at radius 2 is 1.31 bits per heavy atom. The van der Waals surface area contributed by atoms with Crippen molar-refractivity contribution >= 4 is 33.7 Å². The first-order valence-electron chi connectivity index (χ1n) is 12.1. The number of hydrogen-bond donors (Lipinski definition) is 6. The van der Waals surface area contributed by atoms with Crippen molar-refractivity contribution in [3.8, 4) is 0 Å². The summed E-state index contributed by atoms with van der Waals surface area (Å²) in [5.41, 5.74) is 0. The van der Waals surface area contributed by atoms with Crippen molar-refractivity contribution < 1.29 is 19.8 Å². The molecule has 0 heterocycles. The van der Waals surface area contributed by atoms with E-state index in [1.807, 2.05) is 0 Å². The topological polar surface area (TPSA) is 160 Å². The van der Waals surface area contributed by atoms with E-state index in [2.05, 4.69) is 64.0 Å². The van der Waals surface area contributed by atoms with Crippen LogP contribution < -0.4 is 20.8 Å². The van der Waals surface area contributed by atoms with E-state index >= 15 is 0 Å². The molecule has 0 aliphatic rings. The lowest BCUT2D eigenvalue weighted by molar-refractivity contribution is -0.140. The average molecular weight is 577 g/mol. The summed E-state index contributed by atoms with van der Waals surface area (Å²) in [6.45, 7) is 12.0. The monoisotopic (exact) mass is 576 g/mol. The van der Waals surface area contributed by atoms with Crippen LogP contribution in [0, 0.1) is 0 Å². The summed E-state index contributed by atoms with van der Waals surface area (Å²) < 4.78 is 21.6. The first-order chi connectivity index (χ1) is 16.2. The Morgan fingerprint density at radius 3 is 1.72 bits per heavy atom. The molecule has 11 nitrogen and oxygen atoms in total. The van der Waals surface area contributed by atoms with Gasteiger partial charge in [0.1, 0.15) is 19.4 Å². The fourth-order valence-electron chi connectivity index (χ4n) is 3.38. The predicted molar refractivity (Wildman–Crippen MR) is 162 cm³/mol. The molecule has 36 heavy (non-hydrogen) atoms. The maximum atomic E-state index is 11.5. The second-order valence-corrected chi connectivity index (χ2v) is 18.9. The molecule has 0 aromatic rings. The molecule has 0 spiro atoms. The van der Waals surface area contributed by atoms with Gasteiger partial charge in [0.15, 0.2) is 0 Å². The van der Waals surface area contributed by atoms with E-state index in [1.165, 1.54) is 0 Å². The Kier molecular flexibility index (Phi) is 20.4. The van der Waals surface area contributed by atoms with E-state index in [0.29, 0.717) is 19.4 Å². The number of likely N-dealkylation sites (N-methyl/N-ethyl adjacent to an activating group) is 2. The summed E-state index contributed by atoms with van der Waals surface area (Å²) in [5.74, 6) is -1.39. The molecule has 0 aliphatic carbocycles. The quantitative estimate of drug-likeness (QED) is 0.0963. The molecule has 0 aromatic carbocycles. The molecule has 0 saturated carbocycles. The van der Waals surface area contributed by atoms with Crippen LogP contribution in [0.3, 0.4) is 0 Å². The van der Waals surface area contributed by atoms with Crippen LogP contribution in [0.5, 0.6) is 0 Å². The van der Waals surface area contributed by atoms with E-state index in [-0.39, 0.29) is 14.9 Å². The van der Waals surface area contributed by atoms with E-state index in [4.69, 9.17) is 10.5 Å². The highest BCUT2D eigenvalue weighted by Crippen LogP contribution is 2.61. The average Bonchev–Trinajstić information content (AvgIpc) is 2.76. The first-order valence-corrected chi connectivity index (χ1v) is 19.0. The zero-order valence-corrected chi connectivity index (χ0v) is 24.9. The minimum Gasteiger partial charge on any atom is -0.480 e. The summed E-state index contributed by atoms with van der Waals surface area (Å²) in [7, 11) is -0.666. The second-order valence-electron chi connectivity index (χ2n) is 9.17. The van der Waals surface area contributed by atoms with Gasteiger partial charge in [-0.05, 0) is 66.4 Å². The molecule has 0 radical (unpaired) electrons. The Hall–Kier alpha value is -0.530. The number of nitrogens with zero attached hydrogens (tertiary/aromatic N) is 3. The van der Waals surface area contributed by atoms with Gasteiger partial charge >= 0.3 is 11.9 Å². The Labute approximate surface area is 222 Å². The minimum absolute atomic E-state index is 0. The molecule has 0 aliphatic heterocycles. The smallest absolute Gasteiger partial charge is 0.320 e. The molecule has 1 unspecified atom stereocenters. The van der Waals surface area contributed by atoms with Gasteiger partial charge < -0.3 is 20.8 Å². The van der Waals surface area contributed by atoms with Crippen molar-refractivity contribution in [1.29, 1.82) is 1.43 Å². The van der Waals surface area contributed by atoms with Crippen LogP contribution in [0.1, 0.15) is 53.4 Å². The Balaban J connectivity index is -0.00000578. The van der Waals surface area contributed by atoms with Gasteiger partial charge in [-0.2, -0.15) is 0 Å². The molecule has 0 aromatic heterocycles. The molecular weight excluding hydrogens is 519 g/mol. The van der Waals surface area contributed by atoms with Crippen molar-refractivity contribution in [2.75, 3.05) is 67.6 Å². The van der Waals surface area contributed by atoms with Crippen LogP contribution in [0.25, 0.3) is 1.43 Å². The van der Waals surface area contributed by atoms with Gasteiger partial charge in [-0.1, -0.05) is 27.7 Å². The van der Waals surface area contributed by atoms with Gasteiger partial charge in [0, 0.05) is 34.0 Å². The molecule has 218 valence electrons. The Morgan fingerprint density at radius 1 is 0.833 bits per heavy atom. The standard InChI is InChI=1S/C20H48N7O4P3.2CH4/c1-21-17(19(28)29)13-9-11-15-24-33(6,7)27-34(8,26-32(4,5)23-3)25-16-12-10-14-18(22-2)20(30)31;;/h17-18,21-22,24-25H,9-16H2,1-8H3,(H,28,29)(H,30,31);2*1H4/t17-,18-,34?;;/m0../s1/i/hD. The van der Waals surface area contributed by atoms with Crippen LogP contribution in [-0.4, -0.2) is 102 Å². The third kappa shape index (κ3) is 17.8. The van der Waals surface area contributed by atoms with Crippen LogP contribution >= 0.6 is 21.8 Å². The van der Waals surface area contributed by atoms with Gasteiger partial charge in [-0.15, -0.1) is 0 Å². The minimum atomic E-state index is -2.19. The molecule has 3 atom stereocenters. The van der Waals surface area contributed by atoms with Crippen molar-refractivity contribution in [2.24, 2.45) is 13.8 Å². The zero-order chi connectivity index (χ0) is 27.1. The fraction of sp³-hybridized carbons (Fsp3) is 0.909. The maximum absolute atomic E-state index is 11.5. The highest BCUT2D eigenvalue weighted by Gasteiger charge is 2.19. The number of carboxylic acid groups (broad SMARTS) is 2. The lowest BCUT2D eigenvalue weighted by atomic mass is 10.1. The summed E-state index contributed by atoms with van der Waals surface area (Å²) in [6.07, 6.45) is 4.52. The fourth-order valence-corrected chi connectivity index (χ4v) is 13.1. The van der Waals surface area contributed by atoms with Crippen molar-refractivity contribution in [3.05, 3.63) is 0 Å². The third-order valence-corrected chi connectivity index (χ3v) is 14.4. The van der Waals surface area contributed by atoms with E-state index < -0.39 is 45.8 Å². The highest BCUT2D eigenvalue weighted by molar-refractivity contribution is 7.78. The van der Waals surface area contributed by atoms with Gasteiger partial charge in [0.05, 0.1) is 7.21 Å². The lowest BCUT2D eigenvalue weighted by Gasteiger charge is -2.26. The number of carbonyl (C=O) groups is 2. The Bertz CT molecular complexity index is 831. The molecule has 0 saturated heterocycles. The van der Waals surface area contributed by atoms with E-state index in [1.54, 1.807) is 21.1 Å². The maximum Gasteiger partial charge on any atom is 0.320 e. The van der Waals surface area contributed by atoms with Crippen molar-refractivity contribution in [1.82, 2.24) is 20.8 Å². The molecule has 14 heteroatoms. The van der Waals surface area contributed by atoms with Crippen molar-refractivity contribution in [2.45, 2.75) is 65.5 Å². The molecule has 0 amide bonds. The van der Waals surface area contributed by atoms with Crippen molar-refractivity contribution in [3.63, 3.8) is 0 Å². The summed E-state index contributed by atoms with van der Waals surface area (Å²) in [4.78, 5) is 22.7. The lowest BCUT2D eigenvalue weighted by Crippen LogP contribution is -2.33. The van der Waals surface area contributed by atoms with Gasteiger partial charge in [0.2, 0.25) is 0 Å². The van der Waals surface area contributed by atoms with Gasteiger partial charge in [-0.3, -0.25) is 24.5 Å². The molecule has 6 N–H and O–H groups in total. The predicted octanol–water partition coefficient (Wildman–Crippen LogP) is 5.17. The molecular formula is C22H56N7O4P3. The van der Waals surface area contributed by atoms with E-state index in [9.17, 15) is 14.7 Å². The first kappa shape index (κ1) is 37.6. The van der Waals surface area contributed by atoms with Crippen LogP contribution in [0.2, 0.25) is 0 Å². The number of rotatable bonds is 18. The number of unbranched alkanes of at least 4 members (excludes halogenated alkanes) is 2. The largest absolute Gasteiger partial charge is 0.480 e. The number of carboxylic acids is 2. The number of hydrogen-bond acceptors (Lipinski definition) is 6. The van der Waals surface area contributed by atoms with Crippen LogP contribution in [0.4, 0.5) is 0 Å². The summed E-state index contributed by atoms with van der Waals surface area (Å²) in [5, 5.41) is 26.1. The number of nitrogens with one attached hydrogen (secondary N) is 4. The summed E-state index contributed by atoms with van der Waals surface area (Å²) in [6, 6.07) is -0.982. The molecule has 0 fully saturated rings. The van der Waals surface area contributed by atoms with Crippen LogP contribution in [-0.2, 0) is 9.59 Å². The number of aliphatic carboxylic acids is 2. The van der Waals surface area contributed by atoms with Crippen LogP contribution in [0.15, 0.2) is 13.8 Å². The zero-order valence-electron chi connectivity index (χ0n) is 23.2. The highest BCUT2D eigenvalue weighted by atomic mass is 31.2. The van der Waals surface area contributed by atoms with Gasteiger partial charge in [-0.25, -0.2) is 9.03 Å². The third-order valence-electron chi connectivity index (χ3n) is 5.31. The van der Waals surface area contributed by atoms with Gasteiger partial charge in [0.25, 0.3) is 1.43 Å². The summed E-state index contributed by atoms with van der Waals surface area (Å²) >= 11 is 0. The normalized spacial score (nSPS) is 15.2. The molecule has 0 bridgehead atoms. The van der Waals surface area contributed by atoms with E-state index in [0.717, 1.165) is 32.2 Å². The second kappa shape index (κ2) is 19.5. The molecule has 0 rings (SSSR count). The SMILES string of the molecule is C.C.[2H]OC(=O)[C@H](CCCCNP(C)(C)=NP(C)(=NP(C)(C)=NC)NCCCC[C@H](NC)C(=O)O)NC.